The maximum atomic E-state index is 4.56. The third kappa shape index (κ3) is 2.77. The van der Waals surface area contributed by atoms with Crippen LogP contribution in [0.15, 0.2) is 52.8 Å². The third-order valence-electron chi connectivity index (χ3n) is 2.22. The van der Waals surface area contributed by atoms with Crippen molar-refractivity contribution in [3.63, 3.8) is 0 Å². The number of hydrogen-bond acceptors (Lipinski definition) is 2. The summed E-state index contributed by atoms with van der Waals surface area (Å²) in [6, 6.07) is 14.5. The Kier molecular flexibility index (Phi) is 3.30. The van der Waals surface area contributed by atoms with Crippen LogP contribution < -0.4 is 0 Å². The summed E-state index contributed by atoms with van der Waals surface area (Å²) < 4.78 is 0. The molecule has 2 rings (SSSR count). The topological polar surface area (TPSA) is 12.4 Å². The lowest BCUT2D eigenvalue weighted by molar-refractivity contribution is 1.07. The van der Waals surface area contributed by atoms with E-state index in [4.69, 9.17) is 0 Å². The van der Waals surface area contributed by atoms with E-state index in [1.165, 1.54) is 10.4 Å². The zero-order chi connectivity index (χ0) is 10.5. The Balaban J connectivity index is 2.06. The molecule has 0 fully saturated rings. The molecule has 0 unspecified atom stereocenters. The van der Waals surface area contributed by atoms with Gasteiger partial charge in [0.1, 0.15) is 0 Å². The summed E-state index contributed by atoms with van der Waals surface area (Å²) in [6.45, 7) is 2.83. The first-order valence-corrected chi connectivity index (χ1v) is 5.83. The molecule has 0 spiro atoms. The van der Waals surface area contributed by atoms with E-state index < -0.39 is 0 Å². The van der Waals surface area contributed by atoms with Crippen molar-refractivity contribution in [3.05, 3.63) is 58.3 Å². The van der Waals surface area contributed by atoms with E-state index >= 15 is 0 Å². The standard InChI is InChI=1S/C13H13NS/c1-11(13-8-5-9-15-13)14-10-12-6-3-2-4-7-12/h2-9H,10H2,1H3. The Labute approximate surface area is 94.1 Å². The summed E-state index contributed by atoms with van der Waals surface area (Å²) in [7, 11) is 0. The molecule has 0 saturated carbocycles. The van der Waals surface area contributed by atoms with Crippen LogP contribution in [0, 0.1) is 0 Å². The normalized spacial score (nSPS) is 11.7. The number of benzene rings is 1. The molecule has 1 nitrogen and oxygen atoms in total. The Hall–Kier alpha value is -1.41. The van der Waals surface area contributed by atoms with Crippen LogP contribution in [0.4, 0.5) is 0 Å². The number of hydrogen-bond donors (Lipinski definition) is 0. The predicted octanol–water partition coefficient (Wildman–Crippen LogP) is 3.76. The van der Waals surface area contributed by atoms with Crippen molar-refractivity contribution in [2.75, 3.05) is 0 Å². The fourth-order valence-corrected chi connectivity index (χ4v) is 2.05. The number of aliphatic imine (C=N–C) groups is 1. The second-order valence-corrected chi connectivity index (χ2v) is 4.31. The van der Waals surface area contributed by atoms with Crippen LogP contribution >= 0.6 is 11.3 Å². The van der Waals surface area contributed by atoms with E-state index in [-0.39, 0.29) is 0 Å². The number of nitrogens with zero attached hydrogens (tertiary/aromatic N) is 1. The van der Waals surface area contributed by atoms with Crippen molar-refractivity contribution < 1.29 is 0 Å². The maximum absolute atomic E-state index is 4.56. The van der Waals surface area contributed by atoms with Gasteiger partial charge in [-0.1, -0.05) is 36.4 Å². The Bertz CT molecular complexity index is 429. The molecule has 0 radical (unpaired) electrons. The lowest BCUT2D eigenvalue weighted by Crippen LogP contribution is -1.91. The first kappa shape index (κ1) is 10.1. The minimum Gasteiger partial charge on any atom is -0.284 e. The molecule has 1 heterocycles. The van der Waals surface area contributed by atoms with Gasteiger partial charge in [-0.2, -0.15) is 0 Å². The molecule has 0 amide bonds. The zero-order valence-electron chi connectivity index (χ0n) is 8.68. The molecule has 0 saturated heterocycles. The summed E-state index contributed by atoms with van der Waals surface area (Å²) >= 11 is 1.74. The lowest BCUT2D eigenvalue weighted by Gasteiger charge is -1.98. The molecular formula is C13H13NS. The van der Waals surface area contributed by atoms with Gasteiger partial charge in [0.25, 0.3) is 0 Å². The molecule has 2 aromatic rings. The van der Waals surface area contributed by atoms with Gasteiger partial charge in [0.15, 0.2) is 0 Å². The van der Waals surface area contributed by atoms with Crippen LogP contribution in [-0.2, 0) is 6.54 Å². The predicted molar refractivity (Wildman–Crippen MR) is 66.7 cm³/mol. The van der Waals surface area contributed by atoms with E-state index in [9.17, 15) is 0 Å². The fourth-order valence-electron chi connectivity index (χ4n) is 1.36. The van der Waals surface area contributed by atoms with Crippen LogP contribution in [0.2, 0.25) is 0 Å². The van der Waals surface area contributed by atoms with Gasteiger partial charge < -0.3 is 0 Å². The minimum absolute atomic E-state index is 0.768. The van der Waals surface area contributed by atoms with E-state index in [0.717, 1.165) is 12.3 Å². The summed E-state index contributed by atoms with van der Waals surface area (Å²) in [5.74, 6) is 0. The molecule has 0 aliphatic carbocycles. The molecule has 1 aromatic heterocycles. The van der Waals surface area contributed by atoms with Crippen LogP contribution in [0.25, 0.3) is 0 Å². The zero-order valence-corrected chi connectivity index (χ0v) is 9.50. The van der Waals surface area contributed by atoms with E-state index in [1.807, 2.05) is 18.2 Å². The van der Waals surface area contributed by atoms with Crippen molar-refractivity contribution >= 4 is 17.0 Å². The highest BCUT2D eigenvalue weighted by Gasteiger charge is 1.96. The fraction of sp³-hybridized carbons (Fsp3) is 0.154. The van der Waals surface area contributed by atoms with Crippen molar-refractivity contribution in [3.8, 4) is 0 Å². The van der Waals surface area contributed by atoms with Gasteiger partial charge in [0, 0.05) is 10.6 Å². The lowest BCUT2D eigenvalue weighted by atomic mass is 10.2. The molecule has 0 atom stereocenters. The highest BCUT2D eigenvalue weighted by Crippen LogP contribution is 2.11. The van der Waals surface area contributed by atoms with Gasteiger partial charge in [0.2, 0.25) is 0 Å². The SMILES string of the molecule is CC(=NCc1ccccc1)c1cccs1. The van der Waals surface area contributed by atoms with Crippen molar-refractivity contribution in [1.29, 1.82) is 0 Å². The highest BCUT2D eigenvalue weighted by molar-refractivity contribution is 7.12. The van der Waals surface area contributed by atoms with Gasteiger partial charge in [-0.3, -0.25) is 4.99 Å². The third-order valence-corrected chi connectivity index (χ3v) is 3.20. The van der Waals surface area contributed by atoms with Gasteiger partial charge in [-0.05, 0) is 23.9 Å². The van der Waals surface area contributed by atoms with E-state index in [1.54, 1.807) is 11.3 Å². The molecule has 76 valence electrons. The van der Waals surface area contributed by atoms with Crippen molar-refractivity contribution in [2.24, 2.45) is 4.99 Å². The molecule has 2 heteroatoms. The van der Waals surface area contributed by atoms with Gasteiger partial charge in [0.05, 0.1) is 6.54 Å². The van der Waals surface area contributed by atoms with Gasteiger partial charge >= 0.3 is 0 Å². The second-order valence-electron chi connectivity index (χ2n) is 3.36. The van der Waals surface area contributed by atoms with Crippen molar-refractivity contribution in [1.82, 2.24) is 0 Å². The van der Waals surface area contributed by atoms with Crippen LogP contribution in [0.3, 0.4) is 0 Å². The molecule has 0 bridgehead atoms. The second kappa shape index (κ2) is 4.89. The van der Waals surface area contributed by atoms with Gasteiger partial charge in [-0.25, -0.2) is 0 Å². The molecule has 0 aliphatic heterocycles. The largest absolute Gasteiger partial charge is 0.284 e. The average Bonchev–Trinajstić information content (AvgIpc) is 2.81. The van der Waals surface area contributed by atoms with Crippen LogP contribution in [0.1, 0.15) is 17.4 Å². The van der Waals surface area contributed by atoms with E-state index in [0.29, 0.717) is 0 Å². The molecule has 0 aliphatic rings. The van der Waals surface area contributed by atoms with Crippen LogP contribution in [-0.4, -0.2) is 5.71 Å². The molecule has 0 N–H and O–H groups in total. The highest BCUT2D eigenvalue weighted by atomic mass is 32.1. The van der Waals surface area contributed by atoms with Gasteiger partial charge in [-0.15, -0.1) is 11.3 Å². The maximum Gasteiger partial charge on any atom is 0.0643 e. The van der Waals surface area contributed by atoms with Crippen molar-refractivity contribution in [2.45, 2.75) is 13.5 Å². The Morgan fingerprint density at radius 3 is 2.60 bits per heavy atom. The summed E-state index contributed by atoms with van der Waals surface area (Å²) in [5, 5.41) is 2.08. The molecule has 15 heavy (non-hydrogen) atoms. The first-order valence-electron chi connectivity index (χ1n) is 4.95. The Morgan fingerprint density at radius 1 is 1.13 bits per heavy atom. The summed E-state index contributed by atoms with van der Waals surface area (Å²) in [6.07, 6.45) is 0. The average molecular weight is 215 g/mol. The van der Waals surface area contributed by atoms with E-state index in [2.05, 4.69) is 41.6 Å². The minimum atomic E-state index is 0.768. The first-order chi connectivity index (χ1) is 7.36. The van der Waals surface area contributed by atoms with Crippen LogP contribution in [0.5, 0.6) is 0 Å². The molecule has 1 aromatic carbocycles. The quantitative estimate of drug-likeness (QED) is 0.691. The monoisotopic (exact) mass is 215 g/mol. The summed E-state index contributed by atoms with van der Waals surface area (Å²) in [4.78, 5) is 5.82. The number of thiophene rings is 1. The molecular weight excluding hydrogens is 202 g/mol. The summed E-state index contributed by atoms with van der Waals surface area (Å²) in [5.41, 5.74) is 2.38. The smallest absolute Gasteiger partial charge is 0.0643 e. The Morgan fingerprint density at radius 2 is 1.93 bits per heavy atom. The number of rotatable bonds is 3.